The summed E-state index contributed by atoms with van der Waals surface area (Å²) >= 11 is 0. The van der Waals surface area contributed by atoms with Crippen LogP contribution in [0.15, 0.2) is 0 Å². The molecule has 2 saturated heterocycles. The summed E-state index contributed by atoms with van der Waals surface area (Å²) in [5.74, 6) is 0.315. The van der Waals surface area contributed by atoms with Gasteiger partial charge in [0.15, 0.2) is 0 Å². The van der Waals surface area contributed by atoms with Crippen LogP contribution >= 0.6 is 0 Å². The zero-order valence-corrected chi connectivity index (χ0v) is 11.0. The average Bonchev–Trinajstić information content (AvgIpc) is 3.15. The summed E-state index contributed by atoms with van der Waals surface area (Å²) in [4.78, 5) is 16.7. The number of ether oxygens (including phenoxy) is 1. The second kappa shape index (κ2) is 5.83. The first-order valence-corrected chi connectivity index (χ1v) is 6.90. The molecule has 4 heteroatoms. The number of amides is 1. The molecule has 17 heavy (non-hydrogen) atoms. The predicted molar refractivity (Wildman–Crippen MR) is 66.9 cm³/mol. The minimum Gasteiger partial charge on any atom is -0.372 e. The van der Waals surface area contributed by atoms with Crippen LogP contribution in [0.4, 0.5) is 0 Å². The molecular formula is C13H24N2O2. The topological polar surface area (TPSA) is 36.1 Å². The van der Waals surface area contributed by atoms with Gasteiger partial charge in [0.2, 0.25) is 5.91 Å². The van der Waals surface area contributed by atoms with Crippen molar-refractivity contribution in [2.24, 2.45) is 0 Å². The van der Waals surface area contributed by atoms with Crippen molar-refractivity contribution in [2.45, 2.75) is 45.3 Å². The Morgan fingerprint density at radius 3 is 2.65 bits per heavy atom. The number of carbonyl (C=O) groups is 1. The third-order valence-electron chi connectivity index (χ3n) is 3.81. The first-order chi connectivity index (χ1) is 8.26. The quantitative estimate of drug-likeness (QED) is 0.675. The number of piperidine rings is 1. The number of hydrogen-bond donors (Lipinski definition) is 0. The minimum absolute atomic E-state index is 0.104. The van der Waals surface area contributed by atoms with Crippen LogP contribution in [0.25, 0.3) is 0 Å². The Hall–Kier alpha value is -0.610. The van der Waals surface area contributed by atoms with Crippen LogP contribution in [0, 0.1) is 0 Å². The van der Waals surface area contributed by atoms with Crippen molar-refractivity contribution in [3.63, 3.8) is 0 Å². The van der Waals surface area contributed by atoms with E-state index in [4.69, 9.17) is 4.74 Å². The second-order valence-electron chi connectivity index (χ2n) is 4.97. The van der Waals surface area contributed by atoms with Gasteiger partial charge in [0.1, 0.15) is 0 Å². The Morgan fingerprint density at radius 2 is 2.06 bits per heavy atom. The van der Waals surface area contributed by atoms with Gasteiger partial charge in [-0.3, -0.25) is 9.69 Å². The lowest BCUT2D eigenvalue weighted by Gasteiger charge is -2.37. The van der Waals surface area contributed by atoms with Gasteiger partial charge in [0.05, 0.1) is 18.8 Å². The normalized spacial score (nSPS) is 29.1. The molecule has 2 aliphatic heterocycles. The van der Waals surface area contributed by atoms with E-state index in [1.54, 1.807) is 0 Å². The van der Waals surface area contributed by atoms with Crippen LogP contribution in [-0.4, -0.2) is 60.6 Å². The number of rotatable bonds is 5. The van der Waals surface area contributed by atoms with Gasteiger partial charge in [-0.15, -0.1) is 0 Å². The van der Waals surface area contributed by atoms with Crippen molar-refractivity contribution < 1.29 is 9.53 Å². The lowest BCUT2D eigenvalue weighted by Crippen LogP contribution is -2.51. The number of hydrogen-bond acceptors (Lipinski definition) is 3. The van der Waals surface area contributed by atoms with E-state index in [1.165, 1.54) is 12.8 Å². The van der Waals surface area contributed by atoms with Crippen molar-refractivity contribution in [1.82, 2.24) is 9.80 Å². The van der Waals surface area contributed by atoms with Crippen LogP contribution in [0.1, 0.15) is 33.1 Å². The number of nitrogens with zero attached hydrogens (tertiary/aromatic N) is 2. The first kappa shape index (κ1) is 12.8. The van der Waals surface area contributed by atoms with Crippen LogP contribution in [0.3, 0.4) is 0 Å². The highest BCUT2D eigenvalue weighted by molar-refractivity contribution is 5.82. The summed E-state index contributed by atoms with van der Waals surface area (Å²) in [5.41, 5.74) is 0. The molecule has 0 radical (unpaired) electrons. The third kappa shape index (κ3) is 3.19. The van der Waals surface area contributed by atoms with Gasteiger partial charge < -0.3 is 9.64 Å². The van der Waals surface area contributed by atoms with Gasteiger partial charge in [-0.1, -0.05) is 6.42 Å². The van der Waals surface area contributed by atoms with Gasteiger partial charge in [0, 0.05) is 19.6 Å². The smallest absolute Gasteiger partial charge is 0.239 e. The van der Waals surface area contributed by atoms with Gasteiger partial charge in [0.25, 0.3) is 0 Å². The van der Waals surface area contributed by atoms with Crippen molar-refractivity contribution in [1.29, 1.82) is 0 Å². The molecule has 0 spiro atoms. The molecule has 2 heterocycles. The van der Waals surface area contributed by atoms with Crippen molar-refractivity contribution in [3.05, 3.63) is 0 Å². The average molecular weight is 240 g/mol. The summed E-state index contributed by atoms with van der Waals surface area (Å²) in [7, 11) is 0. The number of likely N-dealkylation sites (N-methyl/N-ethyl adjacent to an activating group) is 1. The lowest BCUT2D eigenvalue weighted by molar-refractivity contribution is -0.138. The number of epoxide rings is 1. The van der Waals surface area contributed by atoms with Crippen LogP contribution in [-0.2, 0) is 9.53 Å². The summed E-state index contributed by atoms with van der Waals surface area (Å²) in [6, 6.07) is 0.104. The fourth-order valence-corrected chi connectivity index (χ4v) is 2.67. The van der Waals surface area contributed by atoms with E-state index in [9.17, 15) is 4.79 Å². The highest BCUT2D eigenvalue weighted by atomic mass is 16.6. The second-order valence-corrected chi connectivity index (χ2v) is 4.97. The molecular weight excluding hydrogens is 216 g/mol. The van der Waals surface area contributed by atoms with E-state index in [2.05, 4.69) is 18.7 Å². The van der Waals surface area contributed by atoms with E-state index < -0.39 is 0 Å². The van der Waals surface area contributed by atoms with Gasteiger partial charge in [-0.2, -0.15) is 0 Å². The minimum atomic E-state index is 0.104. The largest absolute Gasteiger partial charge is 0.372 e. The molecule has 0 aromatic carbocycles. The Bertz CT molecular complexity index is 262. The van der Waals surface area contributed by atoms with E-state index in [-0.39, 0.29) is 6.04 Å². The maximum atomic E-state index is 12.4. The zero-order chi connectivity index (χ0) is 12.3. The monoisotopic (exact) mass is 240 g/mol. The van der Waals surface area contributed by atoms with E-state index in [1.807, 2.05) is 4.90 Å². The van der Waals surface area contributed by atoms with E-state index in [0.29, 0.717) is 12.0 Å². The molecule has 98 valence electrons. The number of likely N-dealkylation sites (tertiary alicyclic amines) is 1. The van der Waals surface area contributed by atoms with Gasteiger partial charge >= 0.3 is 0 Å². The standard InChI is InChI=1S/C13H24N2O2/c1-3-14(4-2)13(16)12-7-5-6-8-15(12)9-11-10-17-11/h11-12H,3-10H2,1-2H3/t11-,12-/m0/s1. The first-order valence-electron chi connectivity index (χ1n) is 6.90. The fraction of sp³-hybridized carbons (Fsp3) is 0.923. The molecule has 0 aromatic heterocycles. The molecule has 0 unspecified atom stereocenters. The molecule has 0 aromatic rings. The summed E-state index contributed by atoms with van der Waals surface area (Å²) < 4.78 is 5.29. The molecule has 0 aliphatic carbocycles. The molecule has 2 rings (SSSR count). The van der Waals surface area contributed by atoms with E-state index in [0.717, 1.165) is 39.2 Å². The van der Waals surface area contributed by atoms with Crippen molar-refractivity contribution in [3.8, 4) is 0 Å². The Kier molecular flexibility index (Phi) is 4.40. The fourth-order valence-electron chi connectivity index (χ4n) is 2.67. The van der Waals surface area contributed by atoms with Gasteiger partial charge in [-0.25, -0.2) is 0 Å². The summed E-state index contributed by atoms with van der Waals surface area (Å²) in [6.45, 7) is 8.62. The lowest BCUT2D eigenvalue weighted by atomic mass is 10.0. The third-order valence-corrected chi connectivity index (χ3v) is 3.81. The molecule has 2 atom stereocenters. The number of carbonyl (C=O) groups excluding carboxylic acids is 1. The van der Waals surface area contributed by atoms with E-state index >= 15 is 0 Å². The Morgan fingerprint density at radius 1 is 1.35 bits per heavy atom. The maximum absolute atomic E-state index is 12.4. The molecule has 0 saturated carbocycles. The SMILES string of the molecule is CCN(CC)C(=O)[C@@H]1CCCCN1C[C@H]1CO1. The maximum Gasteiger partial charge on any atom is 0.239 e. The van der Waals surface area contributed by atoms with Crippen LogP contribution in [0.2, 0.25) is 0 Å². The molecule has 1 amide bonds. The predicted octanol–water partition coefficient (Wildman–Crippen LogP) is 1.11. The highest BCUT2D eigenvalue weighted by Gasteiger charge is 2.35. The molecule has 2 aliphatic rings. The summed E-state index contributed by atoms with van der Waals surface area (Å²) in [6.07, 6.45) is 3.80. The molecule has 0 bridgehead atoms. The van der Waals surface area contributed by atoms with Crippen LogP contribution < -0.4 is 0 Å². The zero-order valence-electron chi connectivity index (χ0n) is 11.0. The highest BCUT2D eigenvalue weighted by Crippen LogP contribution is 2.22. The van der Waals surface area contributed by atoms with Gasteiger partial charge in [-0.05, 0) is 33.2 Å². The molecule has 0 N–H and O–H groups in total. The molecule has 4 nitrogen and oxygen atoms in total. The van der Waals surface area contributed by atoms with Crippen molar-refractivity contribution >= 4 is 5.91 Å². The van der Waals surface area contributed by atoms with Crippen molar-refractivity contribution in [2.75, 3.05) is 32.8 Å². The van der Waals surface area contributed by atoms with Crippen LogP contribution in [0.5, 0.6) is 0 Å². The summed E-state index contributed by atoms with van der Waals surface area (Å²) in [5, 5.41) is 0. The Balaban J connectivity index is 1.96. The molecule has 2 fully saturated rings. The Labute approximate surface area is 104 Å².